The van der Waals surface area contributed by atoms with Gasteiger partial charge in [-0.3, -0.25) is 9.59 Å². The molecule has 2 rings (SSSR count). The maximum Gasteiger partial charge on any atom is 0.315 e. The first-order valence-corrected chi connectivity index (χ1v) is 6.47. The Morgan fingerprint density at radius 2 is 2.16 bits per heavy atom. The molecule has 0 bridgehead atoms. The molecule has 2 fully saturated rings. The Hall–Kier alpha value is -1.79. The zero-order chi connectivity index (χ0) is 14.0. The Kier molecular flexibility index (Phi) is 3.64. The summed E-state index contributed by atoms with van der Waals surface area (Å²) in [6.45, 7) is 0.629. The molecule has 1 unspecified atom stereocenters. The zero-order valence-electron chi connectivity index (χ0n) is 10.9. The van der Waals surface area contributed by atoms with E-state index < -0.39 is 23.6 Å². The monoisotopic (exact) mass is 269 g/mol. The molecule has 1 saturated heterocycles. The van der Waals surface area contributed by atoms with E-state index in [1.54, 1.807) is 11.9 Å². The molecule has 0 aromatic carbocycles. The number of likely N-dealkylation sites (N-methyl/N-ethyl adjacent to an activating group) is 1. The standard InChI is InChI=1S/C12H19N3O4/c1-15-6-3-8(10(15)18)13-11(19)14-12(4-2-5-12)7-9(16)17/h8H,2-7H2,1H3,(H,16,17)(H2,13,14,19). The van der Waals surface area contributed by atoms with E-state index in [-0.39, 0.29) is 12.3 Å². The van der Waals surface area contributed by atoms with Gasteiger partial charge in [0.05, 0.1) is 12.0 Å². The van der Waals surface area contributed by atoms with Gasteiger partial charge in [-0.2, -0.15) is 0 Å². The topological polar surface area (TPSA) is 98.7 Å². The Balaban J connectivity index is 1.87. The minimum atomic E-state index is -0.920. The van der Waals surface area contributed by atoms with E-state index in [1.165, 1.54) is 0 Å². The van der Waals surface area contributed by atoms with Crippen molar-refractivity contribution in [3.63, 3.8) is 0 Å². The fourth-order valence-corrected chi connectivity index (χ4v) is 2.63. The third kappa shape index (κ3) is 2.97. The lowest BCUT2D eigenvalue weighted by atomic mass is 9.74. The lowest BCUT2D eigenvalue weighted by Gasteiger charge is -2.41. The normalized spacial score (nSPS) is 24.8. The number of carboxylic acid groups (broad SMARTS) is 1. The molecule has 1 atom stereocenters. The Morgan fingerprint density at radius 3 is 2.58 bits per heavy atom. The summed E-state index contributed by atoms with van der Waals surface area (Å²) in [6, 6.07) is -0.943. The van der Waals surface area contributed by atoms with Gasteiger partial charge in [0.15, 0.2) is 0 Å². The molecular formula is C12H19N3O4. The molecule has 3 amide bonds. The Bertz CT molecular complexity index is 406. The number of amides is 3. The molecule has 7 heteroatoms. The molecule has 1 aliphatic heterocycles. The van der Waals surface area contributed by atoms with Crippen molar-refractivity contribution in [1.82, 2.24) is 15.5 Å². The molecule has 106 valence electrons. The van der Waals surface area contributed by atoms with Crippen molar-refractivity contribution in [2.75, 3.05) is 13.6 Å². The van der Waals surface area contributed by atoms with Gasteiger partial charge in [-0.1, -0.05) is 0 Å². The molecule has 3 N–H and O–H groups in total. The Morgan fingerprint density at radius 1 is 1.47 bits per heavy atom. The summed E-state index contributed by atoms with van der Waals surface area (Å²) in [5.41, 5.74) is -0.635. The first kappa shape index (κ1) is 13.6. The fourth-order valence-electron chi connectivity index (χ4n) is 2.63. The quantitative estimate of drug-likeness (QED) is 0.664. The van der Waals surface area contributed by atoms with Crippen LogP contribution in [0.3, 0.4) is 0 Å². The summed E-state index contributed by atoms with van der Waals surface area (Å²) in [5.74, 6) is -1.02. The minimum Gasteiger partial charge on any atom is -0.481 e. The van der Waals surface area contributed by atoms with Gasteiger partial charge in [-0.25, -0.2) is 4.79 Å². The highest BCUT2D eigenvalue weighted by Crippen LogP contribution is 2.34. The van der Waals surface area contributed by atoms with Crippen molar-refractivity contribution < 1.29 is 19.5 Å². The number of carbonyl (C=O) groups excluding carboxylic acids is 2. The summed E-state index contributed by atoms with van der Waals surface area (Å²) in [4.78, 5) is 35.9. The molecule has 7 nitrogen and oxygen atoms in total. The van der Waals surface area contributed by atoms with Gasteiger partial charge in [0.2, 0.25) is 5.91 Å². The van der Waals surface area contributed by atoms with Crippen molar-refractivity contribution >= 4 is 17.9 Å². The van der Waals surface area contributed by atoms with Gasteiger partial charge in [-0.15, -0.1) is 0 Å². The van der Waals surface area contributed by atoms with E-state index in [1.807, 2.05) is 0 Å². The summed E-state index contributed by atoms with van der Waals surface area (Å²) in [6.07, 6.45) is 2.78. The molecule has 0 spiro atoms. The highest BCUT2D eigenvalue weighted by atomic mass is 16.4. The van der Waals surface area contributed by atoms with Crippen LogP contribution < -0.4 is 10.6 Å². The molecule has 0 aromatic heterocycles. The second-order valence-electron chi connectivity index (χ2n) is 5.40. The molecule has 19 heavy (non-hydrogen) atoms. The number of aliphatic carboxylic acids is 1. The van der Waals surface area contributed by atoms with Crippen LogP contribution in [-0.2, 0) is 9.59 Å². The predicted molar refractivity (Wildman–Crippen MR) is 66.5 cm³/mol. The van der Waals surface area contributed by atoms with E-state index in [0.29, 0.717) is 25.8 Å². The summed E-state index contributed by atoms with van der Waals surface area (Å²) in [5, 5.41) is 14.2. The number of carbonyl (C=O) groups is 3. The molecule has 0 aromatic rings. The number of urea groups is 1. The third-order valence-corrected chi connectivity index (χ3v) is 3.91. The average Bonchev–Trinajstić information content (AvgIpc) is 2.57. The van der Waals surface area contributed by atoms with Crippen molar-refractivity contribution in [3.8, 4) is 0 Å². The van der Waals surface area contributed by atoms with Crippen LogP contribution in [0.5, 0.6) is 0 Å². The highest BCUT2D eigenvalue weighted by molar-refractivity contribution is 5.88. The number of hydrogen-bond acceptors (Lipinski definition) is 3. The van der Waals surface area contributed by atoms with Gasteiger partial charge >= 0.3 is 12.0 Å². The van der Waals surface area contributed by atoms with Crippen molar-refractivity contribution in [3.05, 3.63) is 0 Å². The van der Waals surface area contributed by atoms with Gasteiger partial charge in [0.1, 0.15) is 6.04 Å². The first-order chi connectivity index (χ1) is 8.92. The van der Waals surface area contributed by atoms with Crippen LogP contribution >= 0.6 is 0 Å². The van der Waals surface area contributed by atoms with E-state index in [2.05, 4.69) is 10.6 Å². The van der Waals surface area contributed by atoms with E-state index in [9.17, 15) is 14.4 Å². The van der Waals surface area contributed by atoms with Gasteiger partial charge in [0.25, 0.3) is 0 Å². The summed E-state index contributed by atoms with van der Waals surface area (Å²) >= 11 is 0. The smallest absolute Gasteiger partial charge is 0.315 e. The lowest BCUT2D eigenvalue weighted by molar-refractivity contribution is -0.139. The largest absolute Gasteiger partial charge is 0.481 e. The molecule has 1 saturated carbocycles. The Labute approximate surface area is 111 Å². The van der Waals surface area contributed by atoms with Crippen LogP contribution in [0.15, 0.2) is 0 Å². The number of nitrogens with one attached hydrogen (secondary N) is 2. The number of hydrogen-bond donors (Lipinski definition) is 3. The molecule has 0 radical (unpaired) electrons. The second kappa shape index (κ2) is 5.07. The molecule has 2 aliphatic rings. The van der Waals surface area contributed by atoms with Crippen molar-refractivity contribution in [1.29, 1.82) is 0 Å². The van der Waals surface area contributed by atoms with Gasteiger partial charge in [0, 0.05) is 13.6 Å². The van der Waals surface area contributed by atoms with Crippen LogP contribution in [0.2, 0.25) is 0 Å². The molecule has 1 aliphatic carbocycles. The average molecular weight is 269 g/mol. The number of nitrogens with zero attached hydrogens (tertiary/aromatic N) is 1. The number of carboxylic acids is 1. The van der Waals surface area contributed by atoms with E-state index in [0.717, 1.165) is 6.42 Å². The van der Waals surface area contributed by atoms with Crippen LogP contribution in [-0.4, -0.2) is 53.1 Å². The lowest BCUT2D eigenvalue weighted by Crippen LogP contribution is -2.59. The SMILES string of the molecule is CN1CCC(NC(=O)NC2(CC(=O)O)CCC2)C1=O. The van der Waals surface area contributed by atoms with Crippen molar-refractivity contribution in [2.24, 2.45) is 0 Å². The van der Waals surface area contributed by atoms with Crippen molar-refractivity contribution in [2.45, 2.75) is 43.7 Å². The van der Waals surface area contributed by atoms with Crippen LogP contribution in [0.25, 0.3) is 0 Å². The van der Waals surface area contributed by atoms with Crippen LogP contribution in [0.1, 0.15) is 32.1 Å². The summed E-state index contributed by atoms with van der Waals surface area (Å²) in [7, 11) is 1.69. The van der Waals surface area contributed by atoms with Crippen LogP contribution in [0.4, 0.5) is 4.79 Å². The molecular weight excluding hydrogens is 250 g/mol. The maximum absolute atomic E-state index is 11.9. The second-order valence-corrected chi connectivity index (χ2v) is 5.40. The minimum absolute atomic E-state index is 0.0705. The van der Waals surface area contributed by atoms with Gasteiger partial charge < -0.3 is 20.6 Å². The van der Waals surface area contributed by atoms with E-state index in [4.69, 9.17) is 5.11 Å². The van der Waals surface area contributed by atoms with Gasteiger partial charge in [-0.05, 0) is 25.7 Å². The fraction of sp³-hybridized carbons (Fsp3) is 0.750. The molecule has 1 heterocycles. The first-order valence-electron chi connectivity index (χ1n) is 6.47. The third-order valence-electron chi connectivity index (χ3n) is 3.91. The summed E-state index contributed by atoms with van der Waals surface area (Å²) < 4.78 is 0. The highest BCUT2D eigenvalue weighted by Gasteiger charge is 2.41. The maximum atomic E-state index is 11.9. The van der Waals surface area contributed by atoms with Crippen LogP contribution in [0, 0.1) is 0 Å². The predicted octanol–water partition coefficient (Wildman–Crippen LogP) is -0.0863. The number of rotatable bonds is 4. The number of likely N-dealkylation sites (tertiary alicyclic amines) is 1. The zero-order valence-corrected chi connectivity index (χ0v) is 10.9. The van der Waals surface area contributed by atoms with E-state index >= 15 is 0 Å².